The van der Waals surface area contributed by atoms with Crippen LogP contribution in [0, 0.1) is 0 Å². The van der Waals surface area contributed by atoms with Crippen LogP contribution in [-0.2, 0) is 22.4 Å². The Kier molecular flexibility index (Phi) is 5.95. The van der Waals surface area contributed by atoms with Gasteiger partial charge in [0.1, 0.15) is 0 Å². The molecule has 1 aliphatic carbocycles. The number of esters is 1. The summed E-state index contributed by atoms with van der Waals surface area (Å²) < 4.78 is 4.65. The second kappa shape index (κ2) is 8.39. The molecule has 0 aliphatic heterocycles. The molecule has 1 amide bonds. The predicted molar refractivity (Wildman–Crippen MR) is 103 cm³/mol. The molecule has 2 N–H and O–H groups in total. The Labute approximate surface area is 160 Å². The van der Waals surface area contributed by atoms with E-state index < -0.39 is 11.2 Å². The number of nitrogens with one attached hydrogen (secondary N) is 2. The van der Waals surface area contributed by atoms with Crippen LogP contribution >= 0.6 is 11.8 Å². The van der Waals surface area contributed by atoms with Crippen molar-refractivity contribution in [1.82, 2.24) is 9.97 Å². The number of aromatic nitrogens is 2. The van der Waals surface area contributed by atoms with Gasteiger partial charge in [0.05, 0.1) is 23.6 Å². The maximum atomic E-state index is 12.4. The zero-order valence-electron chi connectivity index (χ0n) is 15.2. The molecule has 1 aromatic carbocycles. The SMILES string of the molecule is COC(=O)c1ccc(NC(=O)[C@H](C)Sc2nc3c(c(=O)[nH]2)CCCC3)cc1. The Hall–Kier alpha value is -2.61. The van der Waals surface area contributed by atoms with Crippen LogP contribution < -0.4 is 10.9 Å². The molecule has 1 aromatic heterocycles. The number of rotatable bonds is 5. The second-order valence-electron chi connectivity index (χ2n) is 6.32. The van der Waals surface area contributed by atoms with E-state index in [1.54, 1.807) is 31.2 Å². The smallest absolute Gasteiger partial charge is 0.337 e. The number of carbonyl (C=O) groups excluding carboxylic acids is 2. The van der Waals surface area contributed by atoms with E-state index in [1.165, 1.54) is 18.9 Å². The third-order valence-corrected chi connectivity index (χ3v) is 5.39. The average Bonchev–Trinajstić information content (AvgIpc) is 2.68. The molecule has 1 atom stereocenters. The highest BCUT2D eigenvalue weighted by atomic mass is 32.2. The van der Waals surface area contributed by atoms with Gasteiger partial charge in [-0.3, -0.25) is 9.59 Å². The first-order valence-electron chi connectivity index (χ1n) is 8.76. The average molecular weight is 387 g/mol. The molecule has 0 saturated carbocycles. The number of aryl methyl sites for hydroxylation is 1. The van der Waals surface area contributed by atoms with Crippen molar-refractivity contribution in [3.63, 3.8) is 0 Å². The van der Waals surface area contributed by atoms with E-state index in [2.05, 4.69) is 20.0 Å². The minimum atomic E-state index is -0.449. The maximum absolute atomic E-state index is 12.4. The molecule has 7 nitrogen and oxygen atoms in total. The molecule has 0 bridgehead atoms. The van der Waals surface area contributed by atoms with Crippen molar-refractivity contribution in [2.24, 2.45) is 0 Å². The van der Waals surface area contributed by atoms with Crippen LogP contribution in [0.5, 0.6) is 0 Å². The number of anilines is 1. The summed E-state index contributed by atoms with van der Waals surface area (Å²) in [7, 11) is 1.32. The number of ether oxygens (including phenoxy) is 1. The Morgan fingerprint density at radius 1 is 1.22 bits per heavy atom. The largest absolute Gasteiger partial charge is 0.465 e. The first kappa shape index (κ1) is 19.2. The van der Waals surface area contributed by atoms with Crippen LogP contribution in [0.1, 0.15) is 41.4 Å². The summed E-state index contributed by atoms with van der Waals surface area (Å²) in [5.74, 6) is -0.648. The maximum Gasteiger partial charge on any atom is 0.337 e. The van der Waals surface area contributed by atoms with Gasteiger partial charge >= 0.3 is 5.97 Å². The fraction of sp³-hybridized carbons (Fsp3) is 0.368. The number of hydrogen-bond acceptors (Lipinski definition) is 6. The number of amides is 1. The number of H-pyrrole nitrogens is 1. The van der Waals surface area contributed by atoms with Crippen LogP contribution in [-0.4, -0.2) is 34.2 Å². The molecule has 0 spiro atoms. The predicted octanol–water partition coefficient (Wildman–Crippen LogP) is 2.55. The molecule has 0 radical (unpaired) electrons. The number of aromatic amines is 1. The molecular weight excluding hydrogens is 366 g/mol. The summed E-state index contributed by atoms with van der Waals surface area (Å²) in [6.45, 7) is 1.75. The van der Waals surface area contributed by atoms with Crippen LogP contribution in [0.15, 0.2) is 34.2 Å². The highest BCUT2D eigenvalue weighted by Crippen LogP contribution is 2.23. The molecule has 0 unspecified atom stereocenters. The molecule has 1 aliphatic rings. The van der Waals surface area contributed by atoms with Gasteiger partial charge in [0.25, 0.3) is 5.56 Å². The van der Waals surface area contributed by atoms with Crippen LogP contribution in [0.4, 0.5) is 5.69 Å². The lowest BCUT2D eigenvalue weighted by atomic mass is 9.97. The third-order valence-electron chi connectivity index (χ3n) is 4.40. The number of hydrogen-bond donors (Lipinski definition) is 2. The van der Waals surface area contributed by atoms with Crippen LogP contribution in [0.3, 0.4) is 0 Å². The lowest BCUT2D eigenvalue weighted by Gasteiger charge is -2.16. The van der Waals surface area contributed by atoms with Gasteiger partial charge in [-0.2, -0.15) is 0 Å². The fourth-order valence-corrected chi connectivity index (χ4v) is 3.72. The van der Waals surface area contributed by atoms with Crippen molar-refractivity contribution in [2.75, 3.05) is 12.4 Å². The van der Waals surface area contributed by atoms with E-state index in [9.17, 15) is 14.4 Å². The van der Waals surface area contributed by atoms with Gasteiger partial charge in [-0.05, 0) is 56.9 Å². The summed E-state index contributed by atoms with van der Waals surface area (Å²) in [6, 6.07) is 6.45. The molecule has 27 heavy (non-hydrogen) atoms. The number of carbonyl (C=O) groups is 2. The molecule has 142 valence electrons. The molecular formula is C19H21N3O4S. The van der Waals surface area contributed by atoms with Crippen LogP contribution in [0.25, 0.3) is 0 Å². The van der Waals surface area contributed by atoms with Crippen molar-refractivity contribution in [3.05, 3.63) is 51.4 Å². The highest BCUT2D eigenvalue weighted by Gasteiger charge is 2.20. The first-order valence-corrected chi connectivity index (χ1v) is 9.64. The van der Waals surface area contributed by atoms with Crippen molar-refractivity contribution in [3.8, 4) is 0 Å². The van der Waals surface area contributed by atoms with E-state index in [0.717, 1.165) is 36.9 Å². The summed E-state index contributed by atoms with van der Waals surface area (Å²) >= 11 is 1.22. The molecule has 1 heterocycles. The van der Waals surface area contributed by atoms with Crippen molar-refractivity contribution < 1.29 is 14.3 Å². The molecule has 2 aromatic rings. The number of nitrogens with zero attached hydrogens (tertiary/aromatic N) is 1. The monoisotopic (exact) mass is 387 g/mol. The van der Waals surface area contributed by atoms with Gasteiger partial charge in [0, 0.05) is 11.3 Å². The second-order valence-corrected chi connectivity index (χ2v) is 7.65. The standard InChI is InChI=1S/C19H21N3O4S/c1-11(16(23)20-13-9-7-12(8-10-13)18(25)26-2)27-19-21-15-6-4-3-5-14(15)17(24)22-19/h7-11H,3-6H2,1-2H3,(H,20,23)(H,21,22,24)/t11-/m0/s1. The summed E-state index contributed by atoms with van der Waals surface area (Å²) in [5.41, 5.74) is 2.50. The fourth-order valence-electron chi connectivity index (χ4n) is 2.91. The minimum Gasteiger partial charge on any atom is -0.465 e. The number of benzene rings is 1. The lowest BCUT2D eigenvalue weighted by molar-refractivity contribution is -0.115. The normalized spacial score (nSPS) is 14.1. The van der Waals surface area contributed by atoms with Crippen LogP contribution in [0.2, 0.25) is 0 Å². The minimum absolute atomic E-state index is 0.104. The summed E-state index contributed by atoms with van der Waals surface area (Å²) in [5, 5.41) is 2.80. The molecule has 0 fully saturated rings. The van der Waals surface area contributed by atoms with Gasteiger partial charge in [-0.1, -0.05) is 11.8 Å². The lowest BCUT2D eigenvalue weighted by Crippen LogP contribution is -2.25. The van der Waals surface area contributed by atoms with E-state index in [1.807, 2.05) is 0 Å². The Morgan fingerprint density at radius 2 is 1.93 bits per heavy atom. The first-order chi connectivity index (χ1) is 13.0. The zero-order chi connectivity index (χ0) is 19.4. The van der Waals surface area contributed by atoms with Gasteiger partial charge in [0.15, 0.2) is 5.16 Å². The van der Waals surface area contributed by atoms with Crippen molar-refractivity contribution in [2.45, 2.75) is 43.0 Å². The Bertz CT molecular complexity index is 908. The Balaban J connectivity index is 1.65. The van der Waals surface area contributed by atoms with E-state index in [0.29, 0.717) is 16.4 Å². The molecule has 3 rings (SSSR count). The topological polar surface area (TPSA) is 101 Å². The highest BCUT2D eigenvalue weighted by molar-refractivity contribution is 8.00. The van der Waals surface area contributed by atoms with Crippen molar-refractivity contribution in [1.29, 1.82) is 0 Å². The van der Waals surface area contributed by atoms with E-state index in [4.69, 9.17) is 0 Å². The van der Waals surface area contributed by atoms with Gasteiger partial charge in [0.2, 0.25) is 5.91 Å². The number of fused-ring (bicyclic) bond motifs is 1. The molecule has 8 heteroatoms. The number of methoxy groups -OCH3 is 1. The number of thioether (sulfide) groups is 1. The van der Waals surface area contributed by atoms with Gasteiger partial charge in [-0.25, -0.2) is 9.78 Å². The molecule has 0 saturated heterocycles. The van der Waals surface area contributed by atoms with Crippen molar-refractivity contribution >= 4 is 29.3 Å². The third kappa shape index (κ3) is 4.57. The Morgan fingerprint density at radius 3 is 2.63 bits per heavy atom. The van der Waals surface area contributed by atoms with E-state index in [-0.39, 0.29) is 11.5 Å². The van der Waals surface area contributed by atoms with Gasteiger partial charge < -0.3 is 15.0 Å². The van der Waals surface area contributed by atoms with E-state index >= 15 is 0 Å². The van der Waals surface area contributed by atoms with Gasteiger partial charge in [-0.15, -0.1) is 0 Å². The zero-order valence-corrected chi connectivity index (χ0v) is 16.0. The quantitative estimate of drug-likeness (QED) is 0.464. The summed E-state index contributed by atoms with van der Waals surface area (Å²) in [4.78, 5) is 43.3. The summed E-state index contributed by atoms with van der Waals surface area (Å²) in [6.07, 6.45) is 3.61.